The molecule has 1 aromatic heterocycles. The van der Waals surface area contributed by atoms with Gasteiger partial charge in [0.05, 0.1) is 17.8 Å². The molecule has 0 fully saturated rings. The number of halogens is 3. The van der Waals surface area contributed by atoms with E-state index in [2.05, 4.69) is 6.58 Å². The maximum Gasteiger partial charge on any atom is 0.380 e. The summed E-state index contributed by atoms with van der Waals surface area (Å²) in [5.74, 6) is 0. The third kappa shape index (κ3) is 2.64. The van der Waals surface area contributed by atoms with Crippen LogP contribution in [0.25, 0.3) is 6.58 Å². The Morgan fingerprint density at radius 1 is 1.22 bits per heavy atom. The van der Waals surface area contributed by atoms with Crippen molar-refractivity contribution in [3.63, 3.8) is 0 Å². The zero-order chi connectivity index (χ0) is 13.2. The van der Waals surface area contributed by atoms with Crippen LogP contribution in [-0.4, -0.2) is 0 Å². The molecule has 94 valence electrons. The van der Waals surface area contributed by atoms with Crippen molar-refractivity contribution in [3.05, 3.63) is 65.3 Å². The molecule has 2 aromatic rings. The molecule has 0 amide bonds. The third-order valence-corrected chi connectivity index (χ3v) is 2.70. The van der Waals surface area contributed by atoms with Crippen LogP contribution < -0.4 is 9.59 Å². The van der Waals surface area contributed by atoms with Gasteiger partial charge >= 0.3 is 6.18 Å². The molecule has 1 nitrogen and oxygen atoms in total. The Bertz CT molecular complexity index is 623. The first-order valence-electron chi connectivity index (χ1n) is 5.45. The topological polar surface area (TPSA) is 5.90 Å². The van der Waals surface area contributed by atoms with Gasteiger partial charge in [-0.05, 0) is 5.56 Å². The summed E-state index contributed by atoms with van der Waals surface area (Å²) in [6.07, 6.45) is -0.709. The quantitative estimate of drug-likeness (QED) is 0.571. The van der Waals surface area contributed by atoms with Crippen molar-refractivity contribution in [3.8, 4) is 0 Å². The molecule has 1 heterocycles. The molecule has 0 spiro atoms. The number of hydrogen-bond acceptors (Lipinski definition) is 0. The molecule has 0 aliphatic carbocycles. The summed E-state index contributed by atoms with van der Waals surface area (Å²) < 4.78 is 39.1. The lowest BCUT2D eigenvalue weighted by molar-refractivity contribution is -0.522. The van der Waals surface area contributed by atoms with E-state index in [0.717, 1.165) is 11.6 Å². The lowest BCUT2D eigenvalue weighted by Crippen LogP contribution is -2.36. The van der Waals surface area contributed by atoms with Crippen LogP contribution in [0.3, 0.4) is 0 Å². The second kappa shape index (κ2) is 4.72. The summed E-state index contributed by atoms with van der Waals surface area (Å²) in [4.78, 5) is 0. The van der Waals surface area contributed by atoms with Gasteiger partial charge in [0.1, 0.15) is 0 Å². The Kier molecular flexibility index (Phi) is 3.28. The van der Waals surface area contributed by atoms with E-state index in [1.165, 1.54) is 10.4 Å². The van der Waals surface area contributed by atoms with Crippen LogP contribution in [0.15, 0.2) is 42.6 Å². The molecular formula is C14H12F3N. The Balaban J connectivity index is 2.31. The van der Waals surface area contributed by atoms with E-state index < -0.39 is 11.7 Å². The molecule has 0 aliphatic rings. The van der Waals surface area contributed by atoms with Gasteiger partial charge in [0, 0.05) is 12.0 Å². The first-order chi connectivity index (χ1) is 8.48. The zero-order valence-electron chi connectivity index (χ0n) is 9.61. The molecule has 0 unspecified atom stereocenters. The fourth-order valence-electron chi connectivity index (χ4n) is 1.73. The van der Waals surface area contributed by atoms with E-state index >= 15 is 0 Å². The molecule has 0 bridgehead atoms. The molecule has 0 radical (unpaired) electrons. The van der Waals surface area contributed by atoms with Crippen LogP contribution in [0.5, 0.6) is 0 Å². The standard InChI is InChI=1S/C14H12F3N/c1-11-13(14(15,16)17)8-10-18(11)9-7-12-5-3-2-4-6-12/h2-6,8-10H,1,7H2. The van der Waals surface area contributed by atoms with Crippen LogP contribution in [0.1, 0.15) is 11.1 Å². The summed E-state index contributed by atoms with van der Waals surface area (Å²) in [7, 11) is 0. The second-order valence-corrected chi connectivity index (χ2v) is 3.95. The average Bonchev–Trinajstić information content (AvgIpc) is 2.69. The molecule has 0 aliphatic heterocycles. The van der Waals surface area contributed by atoms with E-state index in [9.17, 15) is 13.2 Å². The van der Waals surface area contributed by atoms with Crippen LogP contribution in [0, 0.1) is 6.21 Å². The van der Waals surface area contributed by atoms with Crippen molar-refractivity contribution in [1.29, 1.82) is 0 Å². The number of aromatic nitrogens is 1. The van der Waals surface area contributed by atoms with Crippen LogP contribution in [0.4, 0.5) is 13.2 Å². The normalized spacial score (nSPS) is 12.9. The van der Waals surface area contributed by atoms with Gasteiger partial charge in [-0.3, -0.25) is 4.24 Å². The minimum atomic E-state index is -4.34. The number of rotatable bonds is 2. The highest BCUT2D eigenvalue weighted by molar-refractivity contribution is 5.16. The maximum atomic E-state index is 12.6. The van der Waals surface area contributed by atoms with Crippen molar-refractivity contribution in [1.82, 2.24) is 0 Å². The van der Waals surface area contributed by atoms with Crippen LogP contribution >= 0.6 is 0 Å². The first-order valence-corrected chi connectivity index (χ1v) is 5.45. The van der Waals surface area contributed by atoms with E-state index in [0.29, 0.717) is 6.42 Å². The SMILES string of the molecule is C=c1c(C(F)(F)F)c[cH-][n+]1=CCc1ccccc1. The lowest BCUT2D eigenvalue weighted by Gasteiger charge is -2.04. The van der Waals surface area contributed by atoms with Crippen LogP contribution in [0.2, 0.25) is 0 Å². The van der Waals surface area contributed by atoms with Gasteiger partial charge in [0.25, 0.3) is 0 Å². The van der Waals surface area contributed by atoms with Crippen molar-refractivity contribution in [2.24, 2.45) is 0 Å². The van der Waals surface area contributed by atoms with Gasteiger partial charge in [0.2, 0.25) is 0 Å². The summed E-state index contributed by atoms with van der Waals surface area (Å²) in [5.41, 5.74) is 0.353. The van der Waals surface area contributed by atoms with E-state index in [-0.39, 0.29) is 5.35 Å². The van der Waals surface area contributed by atoms with Gasteiger partial charge < -0.3 is 0 Å². The van der Waals surface area contributed by atoms with Gasteiger partial charge in [-0.2, -0.15) is 13.2 Å². The summed E-state index contributed by atoms with van der Waals surface area (Å²) in [6.45, 7) is 3.47. The Labute approximate surface area is 103 Å². The number of nitrogens with zero attached hydrogens (tertiary/aromatic N) is 1. The number of alkyl halides is 3. The largest absolute Gasteiger partial charge is 0.380 e. The van der Waals surface area contributed by atoms with Crippen molar-refractivity contribution >= 4 is 6.58 Å². The lowest BCUT2D eigenvalue weighted by atomic mass is 10.2. The van der Waals surface area contributed by atoms with Crippen molar-refractivity contribution in [2.75, 3.05) is 0 Å². The molecule has 18 heavy (non-hydrogen) atoms. The smallest absolute Gasteiger partial charge is 0.299 e. The van der Waals surface area contributed by atoms with E-state index in [1.807, 2.05) is 30.3 Å². The average molecular weight is 251 g/mol. The first kappa shape index (κ1) is 12.5. The highest BCUT2D eigenvalue weighted by Crippen LogP contribution is 2.25. The van der Waals surface area contributed by atoms with Gasteiger partial charge in [0.15, 0.2) is 0 Å². The molecule has 0 N–H and O–H groups in total. The highest BCUT2D eigenvalue weighted by Gasteiger charge is 2.29. The van der Waals surface area contributed by atoms with Crippen molar-refractivity contribution < 1.29 is 17.4 Å². The maximum absolute atomic E-state index is 12.6. The van der Waals surface area contributed by atoms with Gasteiger partial charge in [-0.15, -0.1) is 0 Å². The van der Waals surface area contributed by atoms with Gasteiger partial charge in [-0.25, -0.2) is 0 Å². The zero-order valence-corrected chi connectivity index (χ0v) is 9.61. The van der Waals surface area contributed by atoms with E-state index in [4.69, 9.17) is 0 Å². The molecular weight excluding hydrogens is 239 g/mol. The Morgan fingerprint density at radius 3 is 2.44 bits per heavy atom. The Hall–Kier alpha value is -1.97. The predicted molar refractivity (Wildman–Crippen MR) is 62.2 cm³/mol. The minimum absolute atomic E-state index is 0.0292. The molecule has 1 aromatic carbocycles. The van der Waals surface area contributed by atoms with Crippen LogP contribution in [-0.2, 0) is 12.6 Å². The minimum Gasteiger partial charge on any atom is -0.299 e. The molecule has 0 saturated carbocycles. The highest BCUT2D eigenvalue weighted by atomic mass is 19.4. The fraction of sp³-hybridized carbons (Fsp3) is 0.143. The summed E-state index contributed by atoms with van der Waals surface area (Å²) in [5, 5.41) is -0.0292. The Morgan fingerprint density at radius 2 is 1.89 bits per heavy atom. The van der Waals surface area contributed by atoms with Crippen molar-refractivity contribution in [2.45, 2.75) is 12.6 Å². The summed E-state index contributed by atoms with van der Waals surface area (Å²) in [6, 6.07) is 10.6. The number of benzene rings is 1. The molecule has 0 atom stereocenters. The monoisotopic (exact) mass is 251 g/mol. The van der Waals surface area contributed by atoms with Gasteiger partial charge in [-0.1, -0.05) is 43.0 Å². The fourth-order valence-corrected chi connectivity index (χ4v) is 1.73. The third-order valence-electron chi connectivity index (χ3n) is 2.70. The number of hydrogen-bond donors (Lipinski definition) is 0. The molecule has 4 heteroatoms. The molecule has 0 saturated heterocycles. The van der Waals surface area contributed by atoms with E-state index in [1.54, 1.807) is 6.21 Å². The predicted octanol–water partition coefficient (Wildman–Crippen LogP) is 2.37. The summed E-state index contributed by atoms with van der Waals surface area (Å²) >= 11 is 0. The molecule has 2 rings (SSSR count). The second-order valence-electron chi connectivity index (χ2n) is 3.95.